The second-order valence-corrected chi connectivity index (χ2v) is 6.67. The number of benzene rings is 3. The summed E-state index contributed by atoms with van der Waals surface area (Å²) in [5.41, 5.74) is 8.28. The summed E-state index contributed by atoms with van der Waals surface area (Å²) in [7, 11) is 0. The van der Waals surface area contributed by atoms with Gasteiger partial charge < -0.3 is 16.0 Å². The van der Waals surface area contributed by atoms with E-state index in [0.717, 1.165) is 30.4 Å². The van der Waals surface area contributed by atoms with E-state index in [1.807, 2.05) is 24.3 Å². The molecule has 3 aromatic carbocycles. The van der Waals surface area contributed by atoms with Crippen molar-refractivity contribution in [2.24, 2.45) is 0 Å². The average Bonchev–Trinajstić information content (AvgIpc) is 3.14. The van der Waals surface area contributed by atoms with Gasteiger partial charge in [-0.05, 0) is 48.4 Å². The van der Waals surface area contributed by atoms with Crippen molar-refractivity contribution in [3.8, 4) is 0 Å². The van der Waals surface area contributed by atoms with Crippen molar-refractivity contribution in [3.05, 3.63) is 87.7 Å². The molecule has 8 heteroatoms. The van der Waals surface area contributed by atoms with Crippen LogP contribution >= 0.6 is 0 Å². The molecular formula is C21H17FN4O3. The first kappa shape index (κ1) is 18.4. The van der Waals surface area contributed by atoms with Crippen LogP contribution in [0.1, 0.15) is 15.9 Å². The number of fused-ring (bicyclic) bond motifs is 1. The normalized spacial score (nSPS) is 12.5. The number of nitrogen functional groups attached to an aromatic ring is 1. The minimum atomic E-state index is -0.904. The van der Waals surface area contributed by atoms with Crippen molar-refractivity contribution in [2.45, 2.75) is 6.42 Å². The van der Waals surface area contributed by atoms with E-state index >= 15 is 0 Å². The maximum Gasteiger partial charge on any atom is 0.295 e. The van der Waals surface area contributed by atoms with Gasteiger partial charge >= 0.3 is 0 Å². The van der Waals surface area contributed by atoms with Gasteiger partial charge in [-0.15, -0.1) is 0 Å². The van der Waals surface area contributed by atoms with E-state index in [2.05, 4.69) is 22.3 Å². The summed E-state index contributed by atoms with van der Waals surface area (Å²) in [4.78, 5) is 24.8. The fourth-order valence-electron chi connectivity index (χ4n) is 3.47. The number of halogens is 1. The Morgan fingerprint density at radius 1 is 1.14 bits per heavy atom. The van der Waals surface area contributed by atoms with Gasteiger partial charge in [0.25, 0.3) is 11.6 Å². The Bertz CT molecular complexity index is 1120. The van der Waals surface area contributed by atoms with Crippen molar-refractivity contribution in [1.29, 1.82) is 0 Å². The lowest BCUT2D eigenvalue weighted by Gasteiger charge is -2.20. The summed E-state index contributed by atoms with van der Waals surface area (Å²) in [5.74, 6) is -1.62. The molecule has 0 atom stereocenters. The zero-order chi connectivity index (χ0) is 20.5. The average molecular weight is 392 g/mol. The lowest BCUT2D eigenvalue weighted by Crippen LogP contribution is -2.16. The molecule has 29 heavy (non-hydrogen) atoms. The molecule has 1 aliphatic heterocycles. The molecule has 0 aliphatic carbocycles. The zero-order valence-electron chi connectivity index (χ0n) is 15.3. The van der Waals surface area contributed by atoms with Crippen LogP contribution in [0.5, 0.6) is 0 Å². The third-order valence-corrected chi connectivity index (χ3v) is 4.89. The van der Waals surface area contributed by atoms with Gasteiger partial charge in [-0.25, -0.2) is 4.39 Å². The Balaban J connectivity index is 1.54. The van der Waals surface area contributed by atoms with E-state index < -0.39 is 22.3 Å². The Labute approximate surface area is 165 Å². The summed E-state index contributed by atoms with van der Waals surface area (Å²) < 4.78 is 13.7. The Morgan fingerprint density at radius 2 is 1.86 bits per heavy atom. The Kier molecular flexibility index (Phi) is 4.59. The Morgan fingerprint density at radius 3 is 2.59 bits per heavy atom. The van der Waals surface area contributed by atoms with Crippen LogP contribution in [-0.2, 0) is 6.42 Å². The maximum atomic E-state index is 13.7. The topological polar surface area (TPSA) is 102 Å². The van der Waals surface area contributed by atoms with Gasteiger partial charge in [-0.3, -0.25) is 14.9 Å². The lowest BCUT2D eigenvalue weighted by atomic mass is 10.1. The van der Waals surface area contributed by atoms with E-state index in [4.69, 9.17) is 5.73 Å². The summed E-state index contributed by atoms with van der Waals surface area (Å²) in [6, 6.07) is 16.9. The van der Waals surface area contributed by atoms with Crippen LogP contribution in [0.2, 0.25) is 0 Å². The van der Waals surface area contributed by atoms with Crippen LogP contribution in [0.15, 0.2) is 60.7 Å². The van der Waals surface area contributed by atoms with Crippen LogP contribution in [0, 0.1) is 15.9 Å². The number of nitro benzene ring substituents is 1. The minimum Gasteiger partial charge on any atom is -0.393 e. The molecule has 0 spiro atoms. The first-order valence-electron chi connectivity index (χ1n) is 8.94. The number of nitrogens with one attached hydrogen (secondary N) is 1. The summed E-state index contributed by atoms with van der Waals surface area (Å²) in [6.45, 7) is 0.870. The molecule has 0 bridgehead atoms. The molecule has 0 fully saturated rings. The molecule has 1 heterocycles. The van der Waals surface area contributed by atoms with Gasteiger partial charge in [0.15, 0.2) is 0 Å². The SMILES string of the molecule is Nc1c(C(=O)Nc2ccc(N3CCc4ccccc43)cc2)cc(F)cc1[N+](=O)[O-]. The molecule has 4 rings (SSSR count). The van der Waals surface area contributed by atoms with Gasteiger partial charge in [0.05, 0.1) is 16.6 Å². The van der Waals surface area contributed by atoms with Crippen LogP contribution in [0.4, 0.5) is 32.8 Å². The molecule has 3 N–H and O–H groups in total. The number of nitrogens with two attached hydrogens (primary N) is 1. The van der Waals surface area contributed by atoms with Crippen LogP contribution < -0.4 is 16.0 Å². The lowest BCUT2D eigenvalue weighted by molar-refractivity contribution is -0.384. The van der Waals surface area contributed by atoms with Crippen molar-refractivity contribution in [3.63, 3.8) is 0 Å². The third kappa shape index (κ3) is 3.47. The van der Waals surface area contributed by atoms with Crippen molar-refractivity contribution >= 4 is 34.3 Å². The number of amides is 1. The van der Waals surface area contributed by atoms with E-state index in [-0.39, 0.29) is 11.3 Å². The number of nitrogens with zero attached hydrogens (tertiary/aromatic N) is 2. The molecule has 146 valence electrons. The number of carbonyl (C=O) groups excluding carboxylic acids is 1. The van der Waals surface area contributed by atoms with Crippen molar-refractivity contribution in [1.82, 2.24) is 0 Å². The highest BCUT2D eigenvalue weighted by Crippen LogP contribution is 2.34. The molecular weight excluding hydrogens is 375 g/mol. The molecule has 0 saturated carbocycles. The van der Waals surface area contributed by atoms with Gasteiger partial charge in [0.2, 0.25) is 0 Å². The van der Waals surface area contributed by atoms with Crippen molar-refractivity contribution in [2.75, 3.05) is 22.5 Å². The predicted molar refractivity (Wildman–Crippen MR) is 109 cm³/mol. The monoisotopic (exact) mass is 392 g/mol. The molecule has 0 aromatic heterocycles. The van der Waals surface area contributed by atoms with Crippen LogP contribution in [0.25, 0.3) is 0 Å². The maximum absolute atomic E-state index is 13.7. The molecule has 0 unspecified atom stereocenters. The number of hydrogen-bond acceptors (Lipinski definition) is 5. The third-order valence-electron chi connectivity index (χ3n) is 4.89. The molecule has 1 amide bonds. The number of rotatable bonds is 4. The highest BCUT2D eigenvalue weighted by Gasteiger charge is 2.22. The number of hydrogen-bond donors (Lipinski definition) is 2. The smallest absolute Gasteiger partial charge is 0.295 e. The summed E-state index contributed by atoms with van der Waals surface area (Å²) >= 11 is 0. The van der Waals surface area contributed by atoms with Gasteiger partial charge in [0, 0.05) is 23.6 Å². The zero-order valence-corrected chi connectivity index (χ0v) is 15.3. The quantitative estimate of drug-likeness (QED) is 0.392. The minimum absolute atomic E-state index is 0.283. The van der Waals surface area contributed by atoms with E-state index in [9.17, 15) is 19.3 Å². The number of nitro groups is 1. The van der Waals surface area contributed by atoms with Gasteiger partial charge in [-0.1, -0.05) is 18.2 Å². The van der Waals surface area contributed by atoms with Crippen LogP contribution in [-0.4, -0.2) is 17.4 Å². The fourth-order valence-corrected chi connectivity index (χ4v) is 3.47. The van der Waals surface area contributed by atoms with Gasteiger partial charge in [-0.2, -0.15) is 0 Å². The number of carbonyl (C=O) groups is 1. The standard InChI is InChI=1S/C21H17FN4O3/c22-14-11-17(20(23)19(12-14)26(28)29)21(27)24-15-5-7-16(8-6-15)25-10-9-13-3-1-2-4-18(13)25/h1-8,11-12H,9-10,23H2,(H,24,27). The highest BCUT2D eigenvalue weighted by atomic mass is 19.1. The number of anilines is 4. The fraction of sp³-hybridized carbons (Fsp3) is 0.0952. The second-order valence-electron chi connectivity index (χ2n) is 6.67. The van der Waals surface area contributed by atoms with E-state index in [1.54, 1.807) is 12.1 Å². The van der Waals surface area contributed by atoms with E-state index in [1.165, 1.54) is 5.56 Å². The number of para-hydroxylation sites is 1. The Hall–Kier alpha value is -3.94. The van der Waals surface area contributed by atoms with Gasteiger partial charge in [0.1, 0.15) is 11.5 Å². The molecule has 0 radical (unpaired) electrons. The van der Waals surface area contributed by atoms with E-state index in [0.29, 0.717) is 11.8 Å². The molecule has 3 aromatic rings. The van der Waals surface area contributed by atoms with Crippen molar-refractivity contribution < 1.29 is 14.1 Å². The molecule has 0 saturated heterocycles. The summed E-state index contributed by atoms with van der Waals surface area (Å²) in [6.07, 6.45) is 0.965. The first-order valence-corrected chi connectivity index (χ1v) is 8.94. The highest BCUT2D eigenvalue weighted by molar-refractivity contribution is 6.09. The first-order chi connectivity index (χ1) is 13.9. The summed E-state index contributed by atoms with van der Waals surface area (Å²) in [5, 5.41) is 13.6. The largest absolute Gasteiger partial charge is 0.393 e. The predicted octanol–water partition coefficient (Wildman–Crippen LogP) is 4.26. The second kappa shape index (κ2) is 7.23. The van der Waals surface area contributed by atoms with Crippen LogP contribution in [0.3, 0.4) is 0 Å². The molecule has 7 nitrogen and oxygen atoms in total. The molecule has 1 aliphatic rings.